The average Bonchev–Trinajstić information content (AvgIpc) is 2.14. The van der Waals surface area contributed by atoms with E-state index in [0.29, 0.717) is 0 Å². The summed E-state index contributed by atoms with van der Waals surface area (Å²) in [5.74, 6) is 0. The summed E-state index contributed by atoms with van der Waals surface area (Å²) in [6, 6.07) is 0. The molecule has 0 unspecified atom stereocenters. The maximum atomic E-state index is 12.5. The lowest BCUT2D eigenvalue weighted by Gasteiger charge is -2.13. The van der Waals surface area contributed by atoms with Crippen molar-refractivity contribution in [2.45, 2.75) is 26.1 Å². The van der Waals surface area contributed by atoms with Crippen molar-refractivity contribution < 1.29 is 4.39 Å². The highest BCUT2D eigenvalue weighted by atomic mass is 19.1. The molecule has 1 aliphatic heterocycles. The predicted molar refractivity (Wildman–Crippen MR) is 31.4 cm³/mol. The van der Waals surface area contributed by atoms with Crippen molar-refractivity contribution in [3.8, 4) is 0 Å². The third-order valence-corrected chi connectivity index (χ3v) is 1.69. The van der Waals surface area contributed by atoms with Gasteiger partial charge in [-0.05, 0) is 19.4 Å². The quantitative estimate of drug-likeness (QED) is 0.469. The standard InChI is InChI=1S/C6H12FN/c1-2-8-5-3-4-6(8)7/h6H,2-5H2,1H3/t6-/m0/s1. The molecule has 0 bridgehead atoms. The summed E-state index contributed by atoms with van der Waals surface area (Å²) in [5.41, 5.74) is 0. The van der Waals surface area contributed by atoms with Crippen molar-refractivity contribution in [3.63, 3.8) is 0 Å². The number of nitrogens with zero attached hydrogens (tertiary/aromatic N) is 1. The van der Waals surface area contributed by atoms with Gasteiger partial charge in [0, 0.05) is 6.54 Å². The Kier molecular flexibility index (Phi) is 1.84. The molecule has 0 aromatic heterocycles. The van der Waals surface area contributed by atoms with E-state index in [9.17, 15) is 4.39 Å². The third kappa shape index (κ3) is 0.996. The van der Waals surface area contributed by atoms with Gasteiger partial charge in [-0.2, -0.15) is 0 Å². The molecule has 1 heterocycles. The van der Waals surface area contributed by atoms with Gasteiger partial charge >= 0.3 is 0 Å². The molecule has 1 atom stereocenters. The van der Waals surface area contributed by atoms with Crippen LogP contribution >= 0.6 is 0 Å². The van der Waals surface area contributed by atoms with Gasteiger partial charge in [0.15, 0.2) is 6.30 Å². The number of hydrogen-bond donors (Lipinski definition) is 0. The fraction of sp³-hybridized carbons (Fsp3) is 1.00. The van der Waals surface area contributed by atoms with Crippen LogP contribution in [0.3, 0.4) is 0 Å². The van der Waals surface area contributed by atoms with Crippen LogP contribution in [0.5, 0.6) is 0 Å². The van der Waals surface area contributed by atoms with E-state index < -0.39 is 6.30 Å². The van der Waals surface area contributed by atoms with Crippen LogP contribution in [0.4, 0.5) is 4.39 Å². The molecule has 0 amide bonds. The lowest BCUT2D eigenvalue weighted by Crippen LogP contribution is -2.24. The maximum Gasteiger partial charge on any atom is 0.153 e. The summed E-state index contributed by atoms with van der Waals surface area (Å²) in [5, 5.41) is 0. The van der Waals surface area contributed by atoms with E-state index in [2.05, 4.69) is 0 Å². The topological polar surface area (TPSA) is 3.24 Å². The van der Waals surface area contributed by atoms with E-state index in [4.69, 9.17) is 0 Å². The number of rotatable bonds is 1. The van der Waals surface area contributed by atoms with Gasteiger partial charge in [-0.15, -0.1) is 0 Å². The Labute approximate surface area is 49.5 Å². The van der Waals surface area contributed by atoms with Gasteiger partial charge in [0.1, 0.15) is 0 Å². The minimum atomic E-state index is -0.639. The normalized spacial score (nSPS) is 31.5. The first-order chi connectivity index (χ1) is 3.84. The molecule has 1 aliphatic rings. The van der Waals surface area contributed by atoms with Crippen LogP contribution < -0.4 is 0 Å². The lowest BCUT2D eigenvalue weighted by molar-refractivity contribution is 0.134. The largest absolute Gasteiger partial charge is 0.274 e. The van der Waals surface area contributed by atoms with Crippen molar-refractivity contribution in [2.75, 3.05) is 13.1 Å². The zero-order valence-corrected chi connectivity index (χ0v) is 5.23. The SMILES string of the molecule is CCN1CCC[C@H]1F. The van der Waals surface area contributed by atoms with Crippen molar-refractivity contribution in [3.05, 3.63) is 0 Å². The van der Waals surface area contributed by atoms with Gasteiger partial charge in [0.2, 0.25) is 0 Å². The molecule has 0 spiro atoms. The van der Waals surface area contributed by atoms with Crippen molar-refractivity contribution in [1.82, 2.24) is 4.90 Å². The van der Waals surface area contributed by atoms with Crippen LogP contribution in [-0.2, 0) is 0 Å². The predicted octanol–water partition coefficient (Wildman–Crippen LogP) is 1.40. The number of halogens is 1. The molecule has 0 N–H and O–H groups in total. The monoisotopic (exact) mass is 117 g/mol. The highest BCUT2D eigenvalue weighted by Gasteiger charge is 2.20. The van der Waals surface area contributed by atoms with E-state index in [1.54, 1.807) is 0 Å². The Hall–Kier alpha value is -0.110. The van der Waals surface area contributed by atoms with Crippen LogP contribution in [0.1, 0.15) is 19.8 Å². The summed E-state index contributed by atoms with van der Waals surface area (Å²) >= 11 is 0. The minimum absolute atomic E-state index is 0.639. The van der Waals surface area contributed by atoms with Crippen LogP contribution in [0, 0.1) is 0 Å². The Morgan fingerprint density at radius 2 is 2.50 bits per heavy atom. The van der Waals surface area contributed by atoms with E-state index in [-0.39, 0.29) is 0 Å². The first-order valence-electron chi connectivity index (χ1n) is 3.22. The number of alkyl halides is 1. The zero-order chi connectivity index (χ0) is 5.98. The second-order valence-electron chi connectivity index (χ2n) is 2.21. The first kappa shape index (κ1) is 6.02. The highest BCUT2D eigenvalue weighted by Crippen LogP contribution is 2.16. The van der Waals surface area contributed by atoms with Crippen molar-refractivity contribution >= 4 is 0 Å². The van der Waals surface area contributed by atoms with Gasteiger partial charge in [-0.3, -0.25) is 4.90 Å². The van der Waals surface area contributed by atoms with E-state index in [1.165, 1.54) is 0 Å². The third-order valence-electron chi connectivity index (χ3n) is 1.69. The minimum Gasteiger partial charge on any atom is -0.274 e. The molecular weight excluding hydrogens is 105 g/mol. The van der Waals surface area contributed by atoms with Crippen molar-refractivity contribution in [2.24, 2.45) is 0 Å². The summed E-state index contributed by atoms with van der Waals surface area (Å²) in [4.78, 5) is 1.86. The first-order valence-corrected chi connectivity index (χ1v) is 3.22. The molecule has 0 saturated carbocycles. The Balaban J connectivity index is 2.30. The summed E-state index contributed by atoms with van der Waals surface area (Å²) in [6.07, 6.45) is 1.14. The molecule has 0 radical (unpaired) electrons. The maximum absolute atomic E-state index is 12.5. The van der Waals surface area contributed by atoms with Crippen LogP contribution in [0.2, 0.25) is 0 Å². The van der Waals surface area contributed by atoms with Gasteiger partial charge < -0.3 is 0 Å². The smallest absolute Gasteiger partial charge is 0.153 e. The molecule has 1 fully saturated rings. The molecule has 8 heavy (non-hydrogen) atoms. The van der Waals surface area contributed by atoms with Gasteiger partial charge in [0.25, 0.3) is 0 Å². The highest BCUT2D eigenvalue weighted by molar-refractivity contribution is 4.68. The molecule has 48 valence electrons. The molecular formula is C6H12FN. The molecule has 2 heteroatoms. The zero-order valence-electron chi connectivity index (χ0n) is 5.23. The lowest BCUT2D eigenvalue weighted by atomic mass is 10.4. The summed E-state index contributed by atoms with van der Waals surface area (Å²) in [6.45, 7) is 3.82. The average molecular weight is 117 g/mol. The van der Waals surface area contributed by atoms with Gasteiger partial charge in [-0.1, -0.05) is 6.92 Å². The second-order valence-corrected chi connectivity index (χ2v) is 2.21. The molecule has 0 aromatic rings. The van der Waals surface area contributed by atoms with Gasteiger partial charge in [0.05, 0.1) is 0 Å². The fourth-order valence-corrected chi connectivity index (χ4v) is 1.14. The van der Waals surface area contributed by atoms with Crippen LogP contribution in [0.15, 0.2) is 0 Å². The van der Waals surface area contributed by atoms with E-state index in [1.807, 2.05) is 11.8 Å². The van der Waals surface area contributed by atoms with Crippen molar-refractivity contribution in [1.29, 1.82) is 0 Å². The van der Waals surface area contributed by atoms with Gasteiger partial charge in [-0.25, -0.2) is 4.39 Å². The fourth-order valence-electron chi connectivity index (χ4n) is 1.14. The summed E-state index contributed by atoms with van der Waals surface area (Å²) in [7, 11) is 0. The molecule has 1 nitrogen and oxygen atoms in total. The van der Waals surface area contributed by atoms with Crippen LogP contribution in [-0.4, -0.2) is 24.3 Å². The molecule has 0 aromatic carbocycles. The Morgan fingerprint density at radius 3 is 2.75 bits per heavy atom. The molecule has 1 saturated heterocycles. The summed E-state index contributed by atoms with van der Waals surface area (Å²) < 4.78 is 12.5. The second kappa shape index (κ2) is 2.44. The Morgan fingerprint density at radius 1 is 1.75 bits per heavy atom. The van der Waals surface area contributed by atoms with E-state index in [0.717, 1.165) is 25.9 Å². The van der Waals surface area contributed by atoms with E-state index >= 15 is 0 Å². The van der Waals surface area contributed by atoms with Crippen LogP contribution in [0.25, 0.3) is 0 Å². The number of likely N-dealkylation sites (tertiary alicyclic amines) is 1. The molecule has 1 rings (SSSR count). The Bertz CT molecular complexity index is 74.9. The number of hydrogen-bond acceptors (Lipinski definition) is 1. The molecule has 0 aliphatic carbocycles.